The Hall–Kier alpha value is -1.48. The number of rotatable bonds is 4. The second-order valence-electron chi connectivity index (χ2n) is 3.49. The summed E-state index contributed by atoms with van der Waals surface area (Å²) in [6.45, 7) is 4.46. The molecule has 0 fully saturated rings. The van der Waals surface area contributed by atoms with Crippen molar-refractivity contribution in [3.05, 3.63) is 15.8 Å². The Morgan fingerprint density at radius 2 is 2.08 bits per heavy atom. The Morgan fingerprint density at radius 1 is 1.62 bits per heavy atom. The Morgan fingerprint density at radius 3 is 2.31 bits per heavy atom. The van der Waals surface area contributed by atoms with E-state index in [1.54, 1.807) is 19.7 Å². The van der Waals surface area contributed by atoms with E-state index < -0.39 is 10.3 Å². The highest BCUT2D eigenvalue weighted by Crippen LogP contribution is 2.28. The number of hydrogen-bond donors (Lipinski definition) is 1. The summed E-state index contributed by atoms with van der Waals surface area (Å²) in [5.41, 5.74) is -1.28. The van der Waals surface area contributed by atoms with Crippen molar-refractivity contribution in [2.24, 2.45) is 5.41 Å². The molecular formula is C8H12N2O3. The summed E-state index contributed by atoms with van der Waals surface area (Å²) in [4.78, 5) is 20.5. The van der Waals surface area contributed by atoms with E-state index in [-0.39, 0.29) is 17.9 Å². The first-order chi connectivity index (χ1) is 5.81. The first-order valence-electron chi connectivity index (χ1n) is 3.75. The first-order valence-corrected chi connectivity index (χ1v) is 3.75. The van der Waals surface area contributed by atoms with Gasteiger partial charge in [0.25, 0.3) is 0 Å². The molecule has 0 saturated heterocycles. The van der Waals surface area contributed by atoms with E-state index in [9.17, 15) is 14.9 Å². The molecule has 0 atom stereocenters. The smallest absolute Gasteiger partial charge is 0.300 e. The zero-order chi connectivity index (χ0) is 10.6. The third-order valence-electron chi connectivity index (χ3n) is 1.63. The van der Waals surface area contributed by atoms with Crippen molar-refractivity contribution in [3.63, 3.8) is 0 Å². The number of nitrogens with one attached hydrogen (secondary N) is 1. The summed E-state index contributed by atoms with van der Waals surface area (Å²) in [5, 5.41) is 17.2. The standard InChI is InChI=1S/C8H12N2O3/c1-6(11)4-8(2,3)7(5-9)10(12)13/h9H,4H2,1-3H3. The Bertz CT molecular complexity index is 288. The summed E-state index contributed by atoms with van der Waals surface area (Å²) in [7, 11) is 0. The average molecular weight is 184 g/mol. The number of hydrogen-bond acceptors (Lipinski definition) is 4. The van der Waals surface area contributed by atoms with Crippen molar-refractivity contribution in [2.75, 3.05) is 0 Å². The Kier molecular flexibility index (Phi) is 3.51. The number of allylic oxidation sites excluding steroid dienone is 1. The lowest BCUT2D eigenvalue weighted by Crippen LogP contribution is -2.23. The second kappa shape index (κ2) is 3.96. The zero-order valence-electron chi connectivity index (χ0n) is 7.88. The maximum Gasteiger partial charge on any atom is 0.312 e. The van der Waals surface area contributed by atoms with Crippen LogP contribution in [-0.2, 0) is 4.79 Å². The van der Waals surface area contributed by atoms with E-state index in [1.165, 1.54) is 6.92 Å². The van der Waals surface area contributed by atoms with Crippen LogP contribution in [0.3, 0.4) is 0 Å². The van der Waals surface area contributed by atoms with Gasteiger partial charge in [0.2, 0.25) is 0 Å². The fourth-order valence-electron chi connectivity index (χ4n) is 1.17. The molecule has 0 spiro atoms. The number of carbonyl (C=O) groups is 1. The van der Waals surface area contributed by atoms with Crippen molar-refractivity contribution < 1.29 is 9.72 Å². The minimum Gasteiger partial charge on any atom is -0.300 e. The van der Waals surface area contributed by atoms with Gasteiger partial charge in [-0.05, 0) is 20.8 Å². The third-order valence-corrected chi connectivity index (χ3v) is 1.63. The molecule has 0 aliphatic heterocycles. The largest absolute Gasteiger partial charge is 0.312 e. The number of ketones is 1. The van der Waals surface area contributed by atoms with Crippen molar-refractivity contribution in [1.82, 2.24) is 0 Å². The van der Waals surface area contributed by atoms with Gasteiger partial charge in [0.15, 0.2) is 0 Å². The fraction of sp³-hybridized carbons (Fsp3) is 0.625. The minimum absolute atomic E-state index is 0.0508. The van der Waals surface area contributed by atoms with Crippen LogP contribution in [0.15, 0.2) is 5.70 Å². The van der Waals surface area contributed by atoms with E-state index >= 15 is 0 Å². The molecule has 0 aromatic rings. The van der Waals surface area contributed by atoms with Crippen LogP contribution in [0.4, 0.5) is 0 Å². The molecule has 72 valence electrons. The van der Waals surface area contributed by atoms with Gasteiger partial charge in [-0.2, -0.15) is 0 Å². The summed E-state index contributed by atoms with van der Waals surface area (Å²) in [6, 6.07) is 0. The molecule has 0 saturated carbocycles. The van der Waals surface area contributed by atoms with E-state index in [0.29, 0.717) is 0 Å². The fourth-order valence-corrected chi connectivity index (χ4v) is 1.17. The van der Waals surface area contributed by atoms with Crippen LogP contribution in [0, 0.1) is 20.9 Å². The monoisotopic (exact) mass is 184 g/mol. The van der Waals surface area contributed by atoms with Gasteiger partial charge in [0, 0.05) is 6.42 Å². The molecule has 0 rings (SSSR count). The maximum atomic E-state index is 10.8. The molecule has 0 aliphatic rings. The van der Waals surface area contributed by atoms with Crippen LogP contribution in [0.25, 0.3) is 0 Å². The van der Waals surface area contributed by atoms with Gasteiger partial charge in [0.1, 0.15) is 5.78 Å². The molecule has 0 heterocycles. The molecule has 5 nitrogen and oxygen atoms in total. The molecular weight excluding hydrogens is 172 g/mol. The molecule has 5 heteroatoms. The van der Waals surface area contributed by atoms with Gasteiger partial charge in [-0.1, -0.05) is 0 Å². The first kappa shape index (κ1) is 11.5. The van der Waals surface area contributed by atoms with Crippen LogP contribution in [-0.4, -0.2) is 16.6 Å². The van der Waals surface area contributed by atoms with Crippen LogP contribution in [0.5, 0.6) is 0 Å². The van der Waals surface area contributed by atoms with E-state index in [4.69, 9.17) is 5.41 Å². The topological polar surface area (TPSA) is 84.1 Å². The normalized spacial score (nSPS) is 10.4. The van der Waals surface area contributed by atoms with Crippen molar-refractivity contribution in [1.29, 1.82) is 5.41 Å². The number of nitro groups is 1. The quantitative estimate of drug-likeness (QED) is 0.407. The van der Waals surface area contributed by atoms with E-state index in [0.717, 1.165) is 0 Å². The lowest BCUT2D eigenvalue weighted by molar-refractivity contribution is -0.436. The summed E-state index contributed by atoms with van der Waals surface area (Å²) < 4.78 is 0. The predicted molar refractivity (Wildman–Crippen MR) is 47.3 cm³/mol. The number of Topliss-reactive ketones (excluding diaryl/α,β-unsaturated/α-hetero) is 1. The molecule has 0 unspecified atom stereocenters. The highest BCUT2D eigenvalue weighted by molar-refractivity contribution is 5.77. The van der Waals surface area contributed by atoms with E-state index in [1.807, 2.05) is 0 Å². The Balaban J connectivity index is 4.90. The van der Waals surface area contributed by atoms with Crippen LogP contribution < -0.4 is 0 Å². The average Bonchev–Trinajstić information content (AvgIpc) is 1.82. The lowest BCUT2D eigenvalue weighted by Gasteiger charge is -2.17. The number of carbonyl (C=O) groups excluding carboxylic acids is 1. The molecule has 0 radical (unpaired) electrons. The van der Waals surface area contributed by atoms with Crippen LogP contribution in [0.2, 0.25) is 0 Å². The highest BCUT2D eigenvalue weighted by atomic mass is 16.6. The van der Waals surface area contributed by atoms with Gasteiger partial charge < -0.3 is 0 Å². The predicted octanol–water partition coefficient (Wildman–Crippen LogP) is 1.40. The Labute approximate surface area is 76.1 Å². The van der Waals surface area contributed by atoms with Crippen LogP contribution >= 0.6 is 0 Å². The second-order valence-corrected chi connectivity index (χ2v) is 3.49. The van der Waals surface area contributed by atoms with Crippen molar-refractivity contribution in [2.45, 2.75) is 27.2 Å². The minimum atomic E-state index is -0.920. The highest BCUT2D eigenvalue weighted by Gasteiger charge is 2.34. The van der Waals surface area contributed by atoms with Crippen LogP contribution in [0.1, 0.15) is 27.2 Å². The maximum absolute atomic E-state index is 10.8. The zero-order valence-corrected chi connectivity index (χ0v) is 7.88. The summed E-state index contributed by atoms with van der Waals surface area (Å²) in [5.74, 6) is 1.62. The molecule has 0 bridgehead atoms. The van der Waals surface area contributed by atoms with Gasteiger partial charge in [-0.15, -0.1) is 0 Å². The van der Waals surface area contributed by atoms with Gasteiger partial charge in [0.05, 0.1) is 16.2 Å². The van der Waals surface area contributed by atoms with Crippen molar-refractivity contribution in [3.8, 4) is 0 Å². The molecule has 0 aromatic heterocycles. The van der Waals surface area contributed by atoms with E-state index in [2.05, 4.69) is 0 Å². The molecule has 0 aromatic carbocycles. The SMILES string of the molecule is CC(=O)CC(C)(C)C(=C=N)[N+](=O)[O-]. The van der Waals surface area contributed by atoms with Gasteiger partial charge >= 0.3 is 5.70 Å². The van der Waals surface area contributed by atoms with Gasteiger partial charge in [-0.25, -0.2) is 0 Å². The lowest BCUT2D eigenvalue weighted by atomic mass is 9.85. The summed E-state index contributed by atoms with van der Waals surface area (Å²) >= 11 is 0. The molecule has 1 N–H and O–H groups in total. The number of nitrogens with zero attached hydrogens (tertiary/aromatic N) is 1. The van der Waals surface area contributed by atoms with Gasteiger partial charge in [-0.3, -0.25) is 20.3 Å². The molecule has 0 aliphatic carbocycles. The summed E-state index contributed by atoms with van der Waals surface area (Å²) in [6.07, 6.45) is 0.0508. The third kappa shape index (κ3) is 3.17. The molecule has 0 amide bonds. The van der Waals surface area contributed by atoms with Crippen molar-refractivity contribution >= 4 is 11.7 Å². The molecule has 13 heavy (non-hydrogen) atoms.